The largest absolute Gasteiger partial charge is 0.366 e. The first-order valence-electron chi connectivity index (χ1n) is 4.98. The van der Waals surface area contributed by atoms with E-state index in [4.69, 9.17) is 17.3 Å². The van der Waals surface area contributed by atoms with Gasteiger partial charge in [0, 0.05) is 11.5 Å². The van der Waals surface area contributed by atoms with Gasteiger partial charge in [0.15, 0.2) is 0 Å². The summed E-state index contributed by atoms with van der Waals surface area (Å²) in [6, 6.07) is 4.56. The van der Waals surface area contributed by atoms with Crippen LogP contribution in [0.5, 0.6) is 0 Å². The fraction of sp³-hybridized carbons (Fsp3) is 0.273. The number of carbonyl (C=O) groups is 2. The monoisotopic (exact) mass is 238 g/mol. The Morgan fingerprint density at radius 1 is 1.38 bits per heavy atom. The highest BCUT2D eigenvalue weighted by molar-refractivity contribution is 6.33. The van der Waals surface area contributed by atoms with Crippen molar-refractivity contribution in [3.8, 4) is 0 Å². The number of anilines is 1. The molecule has 1 aromatic rings. The molecule has 0 aromatic heterocycles. The van der Waals surface area contributed by atoms with Crippen LogP contribution in [-0.4, -0.2) is 11.8 Å². The van der Waals surface area contributed by atoms with Crippen LogP contribution < -0.4 is 11.1 Å². The van der Waals surface area contributed by atoms with Crippen LogP contribution in [0.3, 0.4) is 0 Å². The highest BCUT2D eigenvalue weighted by Gasteiger charge is 2.29. The summed E-state index contributed by atoms with van der Waals surface area (Å²) in [5.41, 5.74) is 5.91. The van der Waals surface area contributed by atoms with Gasteiger partial charge in [0.2, 0.25) is 11.8 Å². The Morgan fingerprint density at radius 2 is 2.06 bits per heavy atom. The van der Waals surface area contributed by atoms with E-state index in [0.29, 0.717) is 16.3 Å². The molecule has 1 saturated carbocycles. The van der Waals surface area contributed by atoms with Gasteiger partial charge in [0.25, 0.3) is 0 Å². The molecule has 0 heterocycles. The maximum Gasteiger partial charge on any atom is 0.248 e. The number of nitrogens with one attached hydrogen (secondary N) is 1. The molecule has 2 amide bonds. The number of benzene rings is 1. The predicted octanol–water partition coefficient (Wildman–Crippen LogP) is 1.79. The molecule has 0 unspecified atom stereocenters. The lowest BCUT2D eigenvalue weighted by atomic mass is 10.2. The molecule has 0 radical (unpaired) electrons. The molecule has 5 heteroatoms. The van der Waals surface area contributed by atoms with Crippen LogP contribution >= 0.6 is 11.6 Å². The summed E-state index contributed by atoms with van der Waals surface area (Å²) in [6.45, 7) is 0. The number of carbonyl (C=O) groups excluding carboxylic acids is 2. The van der Waals surface area contributed by atoms with Gasteiger partial charge in [0.1, 0.15) is 0 Å². The van der Waals surface area contributed by atoms with Crippen molar-refractivity contribution in [2.24, 2.45) is 11.7 Å². The second kappa shape index (κ2) is 4.14. The van der Waals surface area contributed by atoms with Crippen molar-refractivity contribution < 1.29 is 9.59 Å². The predicted molar refractivity (Wildman–Crippen MR) is 61.3 cm³/mol. The molecule has 0 saturated heterocycles. The second-order valence-corrected chi connectivity index (χ2v) is 4.23. The zero-order valence-corrected chi connectivity index (χ0v) is 9.25. The van der Waals surface area contributed by atoms with E-state index in [0.717, 1.165) is 12.8 Å². The molecule has 1 aliphatic rings. The lowest BCUT2D eigenvalue weighted by Gasteiger charge is -2.07. The van der Waals surface area contributed by atoms with Crippen molar-refractivity contribution in [1.29, 1.82) is 0 Å². The Balaban J connectivity index is 2.20. The van der Waals surface area contributed by atoms with Gasteiger partial charge in [-0.2, -0.15) is 0 Å². The minimum atomic E-state index is -0.543. The fourth-order valence-electron chi connectivity index (χ4n) is 1.35. The highest BCUT2D eigenvalue weighted by atomic mass is 35.5. The van der Waals surface area contributed by atoms with E-state index in [1.807, 2.05) is 0 Å². The van der Waals surface area contributed by atoms with Crippen LogP contribution in [0.1, 0.15) is 23.2 Å². The lowest BCUT2D eigenvalue weighted by Crippen LogP contribution is -2.15. The number of amides is 2. The number of primary amides is 1. The summed E-state index contributed by atoms with van der Waals surface area (Å²) in [6.07, 6.45) is 1.83. The van der Waals surface area contributed by atoms with E-state index in [1.165, 1.54) is 12.1 Å². The molecule has 1 aromatic carbocycles. The van der Waals surface area contributed by atoms with E-state index in [-0.39, 0.29) is 11.8 Å². The summed E-state index contributed by atoms with van der Waals surface area (Å²) in [5.74, 6) is -0.504. The molecule has 1 fully saturated rings. The molecule has 16 heavy (non-hydrogen) atoms. The van der Waals surface area contributed by atoms with Crippen LogP contribution in [0.25, 0.3) is 0 Å². The first-order valence-corrected chi connectivity index (χ1v) is 5.36. The molecule has 0 spiro atoms. The molecule has 2 rings (SSSR count). The minimum Gasteiger partial charge on any atom is -0.366 e. The van der Waals surface area contributed by atoms with Crippen molar-refractivity contribution in [2.75, 3.05) is 5.32 Å². The average molecular weight is 239 g/mol. The maximum atomic E-state index is 11.5. The average Bonchev–Trinajstić information content (AvgIpc) is 3.04. The molecular formula is C11H11ClN2O2. The van der Waals surface area contributed by atoms with Gasteiger partial charge in [-0.05, 0) is 31.0 Å². The second-order valence-electron chi connectivity index (χ2n) is 3.82. The van der Waals surface area contributed by atoms with Gasteiger partial charge in [-0.15, -0.1) is 0 Å². The molecule has 84 valence electrons. The summed E-state index contributed by atoms with van der Waals surface area (Å²) >= 11 is 5.90. The van der Waals surface area contributed by atoms with Crippen molar-refractivity contribution in [3.63, 3.8) is 0 Å². The highest BCUT2D eigenvalue weighted by Crippen LogP contribution is 2.31. The van der Waals surface area contributed by atoms with Crippen LogP contribution in [0.15, 0.2) is 18.2 Å². The third-order valence-electron chi connectivity index (χ3n) is 2.46. The zero-order chi connectivity index (χ0) is 11.7. The summed E-state index contributed by atoms with van der Waals surface area (Å²) < 4.78 is 0. The third kappa shape index (κ3) is 2.33. The van der Waals surface area contributed by atoms with Gasteiger partial charge < -0.3 is 11.1 Å². The van der Waals surface area contributed by atoms with E-state index in [2.05, 4.69) is 5.32 Å². The van der Waals surface area contributed by atoms with Crippen molar-refractivity contribution in [3.05, 3.63) is 28.8 Å². The molecule has 3 N–H and O–H groups in total. The Morgan fingerprint density at radius 3 is 2.62 bits per heavy atom. The van der Waals surface area contributed by atoms with Gasteiger partial charge >= 0.3 is 0 Å². The van der Waals surface area contributed by atoms with Crippen LogP contribution in [0.2, 0.25) is 5.02 Å². The quantitative estimate of drug-likeness (QED) is 0.843. The standard InChI is InChI=1S/C11H11ClN2O2/c12-8-4-3-7(10(13)15)5-9(8)14-11(16)6-1-2-6/h3-6H,1-2H2,(H2,13,15)(H,14,16). The van der Waals surface area contributed by atoms with Crippen molar-refractivity contribution >= 4 is 29.1 Å². The van der Waals surface area contributed by atoms with Gasteiger partial charge in [-0.3, -0.25) is 9.59 Å². The number of rotatable bonds is 3. The third-order valence-corrected chi connectivity index (χ3v) is 2.79. The van der Waals surface area contributed by atoms with Gasteiger partial charge in [-0.1, -0.05) is 11.6 Å². The Hall–Kier alpha value is -1.55. The SMILES string of the molecule is NC(=O)c1ccc(Cl)c(NC(=O)C2CC2)c1. The smallest absolute Gasteiger partial charge is 0.248 e. The van der Waals surface area contributed by atoms with Crippen LogP contribution in [0, 0.1) is 5.92 Å². The Kier molecular flexibility index (Phi) is 2.83. The van der Waals surface area contributed by atoms with Gasteiger partial charge in [0.05, 0.1) is 10.7 Å². The Bertz CT molecular complexity index is 455. The Labute approximate surface area is 97.8 Å². The van der Waals surface area contributed by atoms with E-state index < -0.39 is 5.91 Å². The first kappa shape index (κ1) is 11.0. The normalized spacial score (nSPS) is 14.6. The van der Waals surface area contributed by atoms with Gasteiger partial charge in [-0.25, -0.2) is 0 Å². The van der Waals surface area contributed by atoms with E-state index in [1.54, 1.807) is 6.07 Å². The lowest BCUT2D eigenvalue weighted by molar-refractivity contribution is -0.117. The van der Waals surface area contributed by atoms with Crippen LogP contribution in [-0.2, 0) is 4.79 Å². The molecule has 0 bridgehead atoms. The zero-order valence-electron chi connectivity index (χ0n) is 8.50. The number of nitrogens with two attached hydrogens (primary N) is 1. The van der Waals surface area contributed by atoms with E-state index in [9.17, 15) is 9.59 Å². The first-order chi connectivity index (χ1) is 7.58. The fourth-order valence-corrected chi connectivity index (χ4v) is 1.52. The number of hydrogen-bond donors (Lipinski definition) is 2. The minimum absolute atomic E-state index is 0.0523. The van der Waals surface area contributed by atoms with Crippen molar-refractivity contribution in [2.45, 2.75) is 12.8 Å². The molecule has 1 aliphatic carbocycles. The summed E-state index contributed by atoms with van der Waals surface area (Å²) in [7, 11) is 0. The molecule has 4 nitrogen and oxygen atoms in total. The maximum absolute atomic E-state index is 11.5. The topological polar surface area (TPSA) is 72.2 Å². The summed E-state index contributed by atoms with van der Waals surface area (Å²) in [5, 5.41) is 3.09. The molecule has 0 aliphatic heterocycles. The molecular weight excluding hydrogens is 228 g/mol. The number of halogens is 1. The molecule has 0 atom stereocenters. The van der Waals surface area contributed by atoms with E-state index >= 15 is 0 Å². The number of hydrogen-bond acceptors (Lipinski definition) is 2. The van der Waals surface area contributed by atoms with Crippen LogP contribution in [0.4, 0.5) is 5.69 Å². The summed E-state index contributed by atoms with van der Waals surface area (Å²) in [4.78, 5) is 22.5. The van der Waals surface area contributed by atoms with Crippen molar-refractivity contribution in [1.82, 2.24) is 0 Å².